The number of benzene rings is 1. The molecule has 1 aromatic heterocycles. The molecule has 0 fully saturated rings. The highest BCUT2D eigenvalue weighted by molar-refractivity contribution is 8.00. The minimum Gasteiger partial charge on any atom is -0.341 e. The van der Waals surface area contributed by atoms with Gasteiger partial charge in [0, 0.05) is 24.9 Å². The van der Waals surface area contributed by atoms with Crippen LogP contribution in [-0.4, -0.2) is 33.4 Å². The normalized spacial score (nSPS) is 12.5. The number of alkyl halides is 6. The van der Waals surface area contributed by atoms with Crippen molar-refractivity contribution in [3.05, 3.63) is 27.7 Å². The zero-order valence-corrected chi connectivity index (χ0v) is 16.1. The maximum absolute atomic E-state index is 12.9. The number of thioether (sulfide) groups is 1. The van der Waals surface area contributed by atoms with Crippen molar-refractivity contribution in [1.82, 2.24) is 14.8 Å². The summed E-state index contributed by atoms with van der Waals surface area (Å²) in [4.78, 5) is 5.42. The molecule has 1 aromatic carbocycles. The molecule has 0 unspecified atom stereocenters. The number of hydrogen-bond acceptors (Lipinski definition) is 4. The van der Waals surface area contributed by atoms with Crippen LogP contribution in [0.5, 0.6) is 0 Å². The van der Waals surface area contributed by atoms with Crippen LogP contribution in [0.25, 0.3) is 5.69 Å². The van der Waals surface area contributed by atoms with Crippen molar-refractivity contribution in [2.24, 2.45) is 0 Å². The third-order valence-corrected chi connectivity index (χ3v) is 4.54. The van der Waals surface area contributed by atoms with Gasteiger partial charge in [-0.15, -0.1) is 5.10 Å². The van der Waals surface area contributed by atoms with Crippen LogP contribution in [0.2, 0.25) is 10.0 Å². The summed E-state index contributed by atoms with van der Waals surface area (Å²) in [5.74, 6) is -0.0182. The highest BCUT2D eigenvalue weighted by Gasteiger charge is 2.35. The Bertz CT molecular complexity index is 794. The molecule has 4 nitrogen and oxygen atoms in total. The van der Waals surface area contributed by atoms with Crippen molar-refractivity contribution >= 4 is 40.9 Å². The van der Waals surface area contributed by atoms with Crippen LogP contribution in [0.4, 0.5) is 32.3 Å². The first kappa shape index (κ1) is 22.0. The molecule has 0 aliphatic rings. The van der Waals surface area contributed by atoms with E-state index in [1.54, 1.807) is 18.7 Å². The van der Waals surface area contributed by atoms with E-state index in [1.807, 2.05) is 0 Å². The van der Waals surface area contributed by atoms with Gasteiger partial charge in [0.2, 0.25) is 11.1 Å². The lowest BCUT2D eigenvalue weighted by molar-refractivity contribution is -0.137. The molecule has 0 spiro atoms. The van der Waals surface area contributed by atoms with Crippen molar-refractivity contribution in [1.29, 1.82) is 0 Å². The Hall–Kier alpha value is -1.33. The van der Waals surface area contributed by atoms with Crippen LogP contribution >= 0.6 is 35.0 Å². The lowest BCUT2D eigenvalue weighted by Crippen LogP contribution is -2.25. The lowest BCUT2D eigenvalue weighted by atomic mass is 10.2. The van der Waals surface area contributed by atoms with Crippen molar-refractivity contribution in [3.8, 4) is 5.69 Å². The maximum atomic E-state index is 12.9. The fraction of sp³-hybridized carbons (Fsp3) is 0.429. The SMILES string of the molecule is CCN(CC)c1nc(SC(F)(F)F)nn1-c1c(Cl)cc(C(F)(F)F)cc1Cl. The number of hydrogen-bond donors (Lipinski definition) is 0. The zero-order valence-electron chi connectivity index (χ0n) is 13.8. The number of halogens is 8. The van der Waals surface area contributed by atoms with Gasteiger partial charge in [-0.1, -0.05) is 23.2 Å². The van der Waals surface area contributed by atoms with E-state index in [2.05, 4.69) is 10.1 Å². The summed E-state index contributed by atoms with van der Waals surface area (Å²) < 4.78 is 77.6. The molecule has 0 radical (unpaired) electrons. The van der Waals surface area contributed by atoms with Gasteiger partial charge in [0.05, 0.1) is 15.6 Å². The van der Waals surface area contributed by atoms with E-state index >= 15 is 0 Å². The van der Waals surface area contributed by atoms with Gasteiger partial charge in [-0.25, -0.2) is 0 Å². The Kier molecular flexibility index (Phi) is 6.48. The zero-order chi connectivity index (χ0) is 20.6. The third kappa shape index (κ3) is 5.14. The summed E-state index contributed by atoms with van der Waals surface area (Å²) in [5, 5.41) is 2.29. The molecule has 0 aliphatic heterocycles. The molecule has 0 N–H and O–H groups in total. The van der Waals surface area contributed by atoms with Crippen LogP contribution < -0.4 is 4.90 Å². The first-order chi connectivity index (χ1) is 12.4. The van der Waals surface area contributed by atoms with Crippen molar-refractivity contribution in [3.63, 3.8) is 0 Å². The van der Waals surface area contributed by atoms with Crippen molar-refractivity contribution < 1.29 is 26.3 Å². The van der Waals surface area contributed by atoms with Gasteiger partial charge in [-0.2, -0.15) is 36.0 Å². The molecule has 0 saturated heterocycles. The summed E-state index contributed by atoms with van der Waals surface area (Å²) in [7, 11) is 0. The number of nitrogens with zero attached hydrogens (tertiary/aromatic N) is 4. The Morgan fingerprint density at radius 3 is 1.96 bits per heavy atom. The third-order valence-electron chi connectivity index (χ3n) is 3.38. The fourth-order valence-corrected chi connectivity index (χ4v) is 3.33. The Balaban J connectivity index is 2.66. The monoisotopic (exact) mass is 452 g/mol. The summed E-state index contributed by atoms with van der Waals surface area (Å²) >= 11 is 11.4. The second-order valence-corrected chi connectivity index (χ2v) is 6.96. The highest BCUT2D eigenvalue weighted by Crippen LogP contribution is 2.40. The van der Waals surface area contributed by atoms with E-state index in [0.717, 1.165) is 4.68 Å². The van der Waals surface area contributed by atoms with Gasteiger partial charge in [-0.3, -0.25) is 0 Å². The van der Waals surface area contributed by atoms with Crippen LogP contribution in [0.15, 0.2) is 17.3 Å². The topological polar surface area (TPSA) is 34.0 Å². The Morgan fingerprint density at radius 2 is 1.56 bits per heavy atom. The predicted octanol–water partition coefficient (Wildman–Crippen LogP) is 6.05. The van der Waals surface area contributed by atoms with Crippen molar-refractivity contribution in [2.45, 2.75) is 30.7 Å². The van der Waals surface area contributed by atoms with E-state index in [-0.39, 0.29) is 11.6 Å². The largest absolute Gasteiger partial charge is 0.449 e. The van der Waals surface area contributed by atoms with Gasteiger partial charge in [0.15, 0.2) is 0 Å². The Morgan fingerprint density at radius 1 is 1.04 bits per heavy atom. The molecule has 13 heteroatoms. The average Bonchev–Trinajstić information content (AvgIpc) is 2.88. The van der Waals surface area contributed by atoms with Crippen LogP contribution in [-0.2, 0) is 6.18 Å². The minimum absolute atomic E-state index is 0.0182. The molecule has 1 heterocycles. The molecule has 2 aromatic rings. The van der Waals surface area contributed by atoms with Crippen LogP contribution in [0, 0.1) is 0 Å². The van der Waals surface area contributed by atoms with Crippen molar-refractivity contribution in [2.75, 3.05) is 18.0 Å². The highest BCUT2D eigenvalue weighted by atomic mass is 35.5. The van der Waals surface area contributed by atoms with E-state index < -0.39 is 44.2 Å². The first-order valence-corrected chi connectivity index (χ1v) is 8.99. The molecule has 0 saturated carbocycles. The Labute approximate surface area is 164 Å². The lowest BCUT2D eigenvalue weighted by Gasteiger charge is -2.21. The number of anilines is 1. The molecule has 0 bridgehead atoms. The molecule has 0 aliphatic carbocycles. The van der Waals surface area contributed by atoms with Crippen LogP contribution in [0.3, 0.4) is 0 Å². The molecular formula is C14H12Cl2F6N4S. The van der Waals surface area contributed by atoms with E-state index in [1.165, 1.54) is 0 Å². The average molecular weight is 453 g/mol. The van der Waals surface area contributed by atoms with Gasteiger partial charge < -0.3 is 4.90 Å². The maximum Gasteiger partial charge on any atom is 0.449 e. The molecular weight excluding hydrogens is 441 g/mol. The summed E-state index contributed by atoms with van der Waals surface area (Å²) in [6.07, 6.45) is -4.69. The minimum atomic E-state index is -4.69. The van der Waals surface area contributed by atoms with Gasteiger partial charge in [0.1, 0.15) is 5.69 Å². The van der Waals surface area contributed by atoms with Gasteiger partial charge >= 0.3 is 11.7 Å². The smallest absolute Gasteiger partial charge is 0.341 e. The summed E-state index contributed by atoms with van der Waals surface area (Å²) in [5.41, 5.74) is -5.91. The van der Waals surface area contributed by atoms with Crippen LogP contribution in [0.1, 0.15) is 19.4 Å². The molecule has 2 rings (SSSR count). The number of aromatic nitrogens is 3. The van der Waals surface area contributed by atoms with E-state index in [9.17, 15) is 26.3 Å². The summed E-state index contributed by atoms with van der Waals surface area (Å²) in [6, 6.07) is 1.26. The van der Waals surface area contributed by atoms with E-state index in [0.29, 0.717) is 25.2 Å². The first-order valence-electron chi connectivity index (χ1n) is 7.41. The quantitative estimate of drug-likeness (QED) is 0.408. The number of rotatable bonds is 5. The second-order valence-electron chi connectivity index (χ2n) is 5.11. The summed E-state index contributed by atoms with van der Waals surface area (Å²) in [6.45, 7) is 4.19. The predicted molar refractivity (Wildman–Crippen MR) is 91.9 cm³/mol. The molecule has 27 heavy (non-hydrogen) atoms. The van der Waals surface area contributed by atoms with Gasteiger partial charge in [-0.05, 0) is 26.0 Å². The fourth-order valence-electron chi connectivity index (χ4n) is 2.22. The molecule has 0 amide bonds. The molecule has 150 valence electrons. The standard InChI is InChI=1S/C14H12Cl2F6N4S/c1-3-25(4-2)12-23-11(27-14(20,21)22)24-26(12)10-8(15)5-7(6-9(10)16)13(17,18)19/h5-6H,3-4H2,1-2H3. The molecule has 0 atom stereocenters. The van der Waals surface area contributed by atoms with E-state index in [4.69, 9.17) is 23.2 Å². The second kappa shape index (κ2) is 7.96. The van der Waals surface area contributed by atoms with Gasteiger partial charge in [0.25, 0.3) is 0 Å².